The van der Waals surface area contributed by atoms with Crippen molar-refractivity contribution in [2.45, 2.75) is 18.2 Å². The molecule has 1 aromatic heterocycles. The Hall–Kier alpha value is -1.88. The van der Waals surface area contributed by atoms with Crippen LogP contribution in [-0.2, 0) is 4.74 Å². The second kappa shape index (κ2) is 4.84. The molecule has 3 aromatic rings. The Labute approximate surface area is 122 Å². The van der Waals surface area contributed by atoms with Gasteiger partial charge in [-0.05, 0) is 12.1 Å². The lowest BCUT2D eigenvalue weighted by Gasteiger charge is -2.33. The maximum Gasteiger partial charge on any atom is 0.105 e. The van der Waals surface area contributed by atoms with E-state index in [0.29, 0.717) is 6.61 Å². The quantitative estimate of drug-likeness (QED) is 0.719. The predicted molar refractivity (Wildman–Crippen MR) is 81.3 cm³/mol. The van der Waals surface area contributed by atoms with Crippen molar-refractivity contribution in [1.82, 2.24) is 4.57 Å². The Balaban J connectivity index is 2.01. The standard InChI is InChI=1S/C17H17NO3/c19-16-10-21-9-15(17(16)20)18-13-7-3-1-5-11(13)12-6-2-4-8-14(12)18/h1-8,15-17,19-20H,9-10H2/t15-,16?,17+/m0/s1. The third kappa shape index (κ3) is 1.87. The van der Waals surface area contributed by atoms with E-state index in [-0.39, 0.29) is 12.6 Å². The Kier molecular flexibility index (Phi) is 2.96. The van der Waals surface area contributed by atoms with Crippen LogP contribution in [0.1, 0.15) is 6.04 Å². The summed E-state index contributed by atoms with van der Waals surface area (Å²) in [5.74, 6) is 0. The molecule has 0 amide bonds. The maximum absolute atomic E-state index is 10.4. The minimum absolute atomic E-state index is 0.189. The van der Waals surface area contributed by atoms with Gasteiger partial charge in [-0.1, -0.05) is 36.4 Å². The monoisotopic (exact) mass is 283 g/mol. The van der Waals surface area contributed by atoms with Crippen molar-refractivity contribution in [3.8, 4) is 0 Å². The topological polar surface area (TPSA) is 54.6 Å². The van der Waals surface area contributed by atoms with E-state index in [1.807, 2.05) is 36.4 Å². The summed E-state index contributed by atoms with van der Waals surface area (Å²) in [5, 5.41) is 22.6. The number of para-hydroxylation sites is 2. The molecule has 0 saturated carbocycles. The first-order valence-corrected chi connectivity index (χ1v) is 7.19. The van der Waals surface area contributed by atoms with Crippen molar-refractivity contribution >= 4 is 21.8 Å². The van der Waals surface area contributed by atoms with Crippen LogP contribution in [0.25, 0.3) is 21.8 Å². The Morgan fingerprint density at radius 2 is 1.43 bits per heavy atom. The van der Waals surface area contributed by atoms with Gasteiger partial charge in [0.05, 0.1) is 19.3 Å². The van der Waals surface area contributed by atoms with Crippen molar-refractivity contribution in [2.24, 2.45) is 0 Å². The Morgan fingerprint density at radius 3 is 2.05 bits per heavy atom. The van der Waals surface area contributed by atoms with Crippen LogP contribution in [0, 0.1) is 0 Å². The van der Waals surface area contributed by atoms with Crippen molar-refractivity contribution in [1.29, 1.82) is 0 Å². The van der Waals surface area contributed by atoms with E-state index in [1.54, 1.807) is 0 Å². The van der Waals surface area contributed by atoms with E-state index in [4.69, 9.17) is 4.74 Å². The largest absolute Gasteiger partial charge is 0.388 e. The molecule has 0 radical (unpaired) electrons. The summed E-state index contributed by atoms with van der Waals surface area (Å²) in [6.07, 6.45) is -1.67. The van der Waals surface area contributed by atoms with Crippen LogP contribution in [0.15, 0.2) is 48.5 Å². The summed E-state index contributed by atoms with van der Waals surface area (Å²) in [6.45, 7) is 0.593. The molecule has 1 aliphatic heterocycles. The van der Waals surface area contributed by atoms with Crippen LogP contribution in [0.2, 0.25) is 0 Å². The van der Waals surface area contributed by atoms with Gasteiger partial charge in [0.15, 0.2) is 0 Å². The van der Waals surface area contributed by atoms with Gasteiger partial charge < -0.3 is 19.5 Å². The fourth-order valence-electron chi connectivity index (χ4n) is 3.30. The van der Waals surface area contributed by atoms with Gasteiger partial charge in [0, 0.05) is 21.8 Å². The van der Waals surface area contributed by atoms with E-state index in [2.05, 4.69) is 16.7 Å². The Bertz CT molecular complexity index is 742. The molecule has 2 N–H and O–H groups in total. The summed E-state index contributed by atoms with van der Waals surface area (Å²) in [7, 11) is 0. The average Bonchev–Trinajstić information content (AvgIpc) is 2.85. The number of aliphatic hydroxyl groups excluding tert-OH is 2. The first-order valence-electron chi connectivity index (χ1n) is 7.19. The van der Waals surface area contributed by atoms with Crippen LogP contribution in [0.5, 0.6) is 0 Å². The summed E-state index contributed by atoms with van der Waals surface area (Å²) >= 11 is 0. The molecule has 2 aromatic carbocycles. The van der Waals surface area contributed by atoms with E-state index in [1.165, 1.54) is 0 Å². The first-order chi connectivity index (χ1) is 10.3. The molecule has 1 aliphatic rings. The van der Waals surface area contributed by atoms with Gasteiger partial charge in [0.1, 0.15) is 12.2 Å². The number of rotatable bonds is 1. The number of fused-ring (bicyclic) bond motifs is 3. The number of benzene rings is 2. The average molecular weight is 283 g/mol. The molecule has 4 nitrogen and oxygen atoms in total. The smallest absolute Gasteiger partial charge is 0.105 e. The summed E-state index contributed by atoms with van der Waals surface area (Å²) in [6, 6.07) is 16.0. The van der Waals surface area contributed by atoms with E-state index >= 15 is 0 Å². The van der Waals surface area contributed by atoms with Gasteiger partial charge >= 0.3 is 0 Å². The number of nitrogens with zero attached hydrogens (tertiary/aromatic N) is 1. The Morgan fingerprint density at radius 1 is 0.857 bits per heavy atom. The second-order valence-corrected chi connectivity index (χ2v) is 5.57. The molecular formula is C17H17NO3. The molecule has 3 atom stereocenters. The van der Waals surface area contributed by atoms with Crippen LogP contribution < -0.4 is 0 Å². The first kappa shape index (κ1) is 12.8. The second-order valence-electron chi connectivity index (χ2n) is 5.57. The normalized spacial score (nSPS) is 26.5. The lowest BCUT2D eigenvalue weighted by molar-refractivity contribution is -0.113. The van der Waals surface area contributed by atoms with Gasteiger partial charge in [-0.25, -0.2) is 0 Å². The maximum atomic E-state index is 10.4. The number of hydrogen-bond donors (Lipinski definition) is 2. The van der Waals surface area contributed by atoms with Crippen molar-refractivity contribution < 1.29 is 14.9 Å². The van der Waals surface area contributed by atoms with Crippen molar-refractivity contribution in [2.75, 3.05) is 13.2 Å². The zero-order chi connectivity index (χ0) is 14.4. The molecule has 4 heteroatoms. The third-order valence-electron chi connectivity index (χ3n) is 4.31. The van der Waals surface area contributed by atoms with E-state index in [9.17, 15) is 10.2 Å². The van der Waals surface area contributed by atoms with Crippen LogP contribution >= 0.6 is 0 Å². The third-order valence-corrected chi connectivity index (χ3v) is 4.31. The highest BCUT2D eigenvalue weighted by molar-refractivity contribution is 6.08. The van der Waals surface area contributed by atoms with Gasteiger partial charge in [-0.2, -0.15) is 0 Å². The van der Waals surface area contributed by atoms with Gasteiger partial charge in [0.25, 0.3) is 0 Å². The molecule has 108 valence electrons. The van der Waals surface area contributed by atoms with Crippen molar-refractivity contribution in [3.63, 3.8) is 0 Å². The van der Waals surface area contributed by atoms with Crippen molar-refractivity contribution in [3.05, 3.63) is 48.5 Å². The molecule has 0 aliphatic carbocycles. The highest BCUT2D eigenvalue weighted by Crippen LogP contribution is 2.34. The molecule has 1 fully saturated rings. The minimum Gasteiger partial charge on any atom is -0.388 e. The fraction of sp³-hybridized carbons (Fsp3) is 0.294. The lowest BCUT2D eigenvalue weighted by atomic mass is 10.0. The molecule has 2 heterocycles. The lowest BCUT2D eigenvalue weighted by Crippen LogP contribution is -2.44. The zero-order valence-electron chi connectivity index (χ0n) is 11.5. The van der Waals surface area contributed by atoms with Crippen LogP contribution in [-0.4, -0.2) is 40.2 Å². The molecular weight excluding hydrogens is 266 g/mol. The highest BCUT2D eigenvalue weighted by Gasteiger charge is 2.34. The number of hydrogen-bond acceptors (Lipinski definition) is 3. The van der Waals surface area contributed by atoms with Gasteiger partial charge in [0.2, 0.25) is 0 Å². The molecule has 21 heavy (non-hydrogen) atoms. The highest BCUT2D eigenvalue weighted by atomic mass is 16.5. The van der Waals surface area contributed by atoms with E-state index < -0.39 is 12.2 Å². The number of aliphatic hydroxyl groups is 2. The molecule has 1 saturated heterocycles. The SMILES string of the molecule is OC1COC[C@H](n2c3ccccc3c3ccccc32)[C@H]1O. The predicted octanol–water partition coefficient (Wildman–Crippen LogP) is 2.09. The molecule has 1 unspecified atom stereocenters. The van der Waals surface area contributed by atoms with Gasteiger partial charge in [-0.15, -0.1) is 0 Å². The summed E-state index contributed by atoms with van der Waals surface area (Å²) < 4.78 is 7.55. The van der Waals surface area contributed by atoms with Gasteiger partial charge in [-0.3, -0.25) is 0 Å². The number of aromatic nitrogens is 1. The zero-order valence-corrected chi connectivity index (χ0v) is 11.5. The molecule has 0 spiro atoms. The summed E-state index contributed by atoms with van der Waals surface area (Å²) in [5.41, 5.74) is 2.11. The minimum atomic E-state index is -0.844. The summed E-state index contributed by atoms with van der Waals surface area (Å²) in [4.78, 5) is 0. The van der Waals surface area contributed by atoms with E-state index in [0.717, 1.165) is 21.8 Å². The molecule has 0 bridgehead atoms. The number of ether oxygens (including phenoxy) is 1. The van der Waals surface area contributed by atoms with Crippen LogP contribution in [0.3, 0.4) is 0 Å². The van der Waals surface area contributed by atoms with Crippen LogP contribution in [0.4, 0.5) is 0 Å². The molecule has 4 rings (SSSR count). The fourth-order valence-corrected chi connectivity index (χ4v) is 3.30.